The van der Waals surface area contributed by atoms with Crippen molar-refractivity contribution in [3.63, 3.8) is 0 Å². The number of aryl methyl sites for hydroxylation is 1. The van der Waals surface area contributed by atoms with Gasteiger partial charge < -0.3 is 10.2 Å². The first kappa shape index (κ1) is 19.4. The molecule has 3 rings (SSSR count). The van der Waals surface area contributed by atoms with E-state index in [-0.39, 0.29) is 23.9 Å². The van der Waals surface area contributed by atoms with Crippen LogP contribution in [0.3, 0.4) is 0 Å². The molecule has 0 aliphatic carbocycles. The summed E-state index contributed by atoms with van der Waals surface area (Å²) in [6.07, 6.45) is 0. The van der Waals surface area contributed by atoms with Gasteiger partial charge in [0.05, 0.1) is 13.1 Å². The second-order valence-corrected chi connectivity index (χ2v) is 7.50. The molecule has 1 fully saturated rings. The van der Waals surface area contributed by atoms with E-state index < -0.39 is 11.6 Å². The molecule has 0 saturated carbocycles. The fraction of sp³-hybridized carbons (Fsp3) is 0.368. The minimum Gasteiger partial charge on any atom is -0.350 e. The van der Waals surface area contributed by atoms with E-state index in [1.165, 1.54) is 11.6 Å². The Morgan fingerprint density at radius 1 is 1.11 bits per heavy atom. The Bertz CT molecular complexity index is 832. The van der Waals surface area contributed by atoms with E-state index in [2.05, 4.69) is 5.32 Å². The number of thiophene rings is 1. The van der Waals surface area contributed by atoms with Crippen molar-refractivity contribution >= 4 is 23.2 Å². The third-order valence-corrected chi connectivity index (χ3v) is 5.63. The lowest BCUT2D eigenvalue weighted by atomic mass is 10.1. The molecule has 1 aromatic heterocycles. The van der Waals surface area contributed by atoms with Crippen molar-refractivity contribution in [2.75, 3.05) is 32.7 Å². The maximum atomic E-state index is 13.3. The van der Waals surface area contributed by atoms with Gasteiger partial charge in [-0.25, -0.2) is 8.78 Å². The van der Waals surface area contributed by atoms with Gasteiger partial charge in [0.25, 0.3) is 5.91 Å². The number of halogens is 2. The molecule has 1 saturated heterocycles. The molecule has 1 aromatic carbocycles. The molecule has 0 atom stereocenters. The molecule has 2 aromatic rings. The SMILES string of the molecule is Cc1ccsc1CNC(=O)CN1CCN(C(=O)c2ccc(F)c(F)c2)CC1. The molecule has 0 radical (unpaired) electrons. The standard InChI is InChI=1S/C19H21F2N3O2S/c1-13-4-9-27-17(13)11-22-18(25)12-23-5-7-24(8-6-23)19(26)14-2-3-15(20)16(21)10-14/h2-4,9-10H,5-8,11-12H2,1H3,(H,22,25). The zero-order valence-electron chi connectivity index (χ0n) is 15.0. The van der Waals surface area contributed by atoms with Crippen LogP contribution in [0.5, 0.6) is 0 Å². The predicted octanol–water partition coefficient (Wildman–Crippen LogP) is 2.41. The zero-order chi connectivity index (χ0) is 19.4. The smallest absolute Gasteiger partial charge is 0.254 e. The maximum Gasteiger partial charge on any atom is 0.254 e. The average Bonchev–Trinajstić information content (AvgIpc) is 3.07. The van der Waals surface area contributed by atoms with Crippen molar-refractivity contribution in [3.05, 3.63) is 57.3 Å². The number of carbonyl (C=O) groups is 2. The summed E-state index contributed by atoms with van der Waals surface area (Å²) < 4.78 is 26.3. The molecule has 144 valence electrons. The van der Waals surface area contributed by atoms with Gasteiger partial charge in [-0.1, -0.05) is 0 Å². The van der Waals surface area contributed by atoms with Crippen LogP contribution in [0.1, 0.15) is 20.8 Å². The van der Waals surface area contributed by atoms with Crippen LogP contribution in [0.15, 0.2) is 29.6 Å². The highest BCUT2D eigenvalue weighted by molar-refractivity contribution is 7.10. The first-order chi connectivity index (χ1) is 12.9. The van der Waals surface area contributed by atoms with Crippen LogP contribution in [0, 0.1) is 18.6 Å². The van der Waals surface area contributed by atoms with Crippen molar-refractivity contribution in [2.45, 2.75) is 13.5 Å². The van der Waals surface area contributed by atoms with E-state index in [0.717, 1.165) is 17.0 Å². The summed E-state index contributed by atoms with van der Waals surface area (Å²) in [5.74, 6) is -2.38. The lowest BCUT2D eigenvalue weighted by molar-refractivity contribution is -0.122. The van der Waals surface area contributed by atoms with Gasteiger partial charge in [0.15, 0.2) is 11.6 Å². The summed E-state index contributed by atoms with van der Waals surface area (Å²) in [5.41, 5.74) is 1.30. The minimum atomic E-state index is -1.03. The molecule has 27 heavy (non-hydrogen) atoms. The first-order valence-corrected chi connectivity index (χ1v) is 9.58. The monoisotopic (exact) mass is 393 g/mol. The van der Waals surface area contributed by atoms with Crippen LogP contribution in [0.2, 0.25) is 0 Å². The third kappa shape index (κ3) is 4.90. The summed E-state index contributed by atoms with van der Waals surface area (Å²) in [5, 5.41) is 4.92. The van der Waals surface area contributed by atoms with Crippen molar-refractivity contribution in [2.24, 2.45) is 0 Å². The predicted molar refractivity (Wildman–Crippen MR) is 99.6 cm³/mol. The molecule has 2 amide bonds. The van der Waals surface area contributed by atoms with Crippen LogP contribution in [-0.4, -0.2) is 54.3 Å². The molecule has 2 heterocycles. The minimum absolute atomic E-state index is 0.0526. The number of hydrogen-bond acceptors (Lipinski definition) is 4. The zero-order valence-corrected chi connectivity index (χ0v) is 15.8. The van der Waals surface area contributed by atoms with E-state index in [1.807, 2.05) is 23.3 Å². The lowest BCUT2D eigenvalue weighted by Gasteiger charge is -2.34. The van der Waals surface area contributed by atoms with Crippen LogP contribution in [0.25, 0.3) is 0 Å². The molecule has 0 spiro atoms. The van der Waals surface area contributed by atoms with E-state index in [1.54, 1.807) is 16.2 Å². The molecule has 1 aliphatic rings. The summed E-state index contributed by atoms with van der Waals surface area (Å²) in [6.45, 7) is 4.81. The quantitative estimate of drug-likeness (QED) is 0.849. The highest BCUT2D eigenvalue weighted by Crippen LogP contribution is 2.15. The Labute approximate surface area is 160 Å². The Kier molecular flexibility index (Phi) is 6.18. The second kappa shape index (κ2) is 8.58. The highest BCUT2D eigenvalue weighted by atomic mass is 32.1. The fourth-order valence-electron chi connectivity index (χ4n) is 2.94. The molecule has 8 heteroatoms. The molecule has 1 aliphatic heterocycles. The maximum absolute atomic E-state index is 13.3. The number of hydrogen-bond donors (Lipinski definition) is 1. The number of carbonyl (C=O) groups excluding carboxylic acids is 2. The molecule has 1 N–H and O–H groups in total. The van der Waals surface area contributed by atoms with E-state index in [9.17, 15) is 18.4 Å². The van der Waals surface area contributed by atoms with Gasteiger partial charge in [-0.05, 0) is 42.1 Å². The largest absolute Gasteiger partial charge is 0.350 e. The highest BCUT2D eigenvalue weighted by Gasteiger charge is 2.24. The van der Waals surface area contributed by atoms with Crippen molar-refractivity contribution < 1.29 is 18.4 Å². The summed E-state index contributed by atoms with van der Waals surface area (Å²) >= 11 is 1.62. The number of nitrogens with one attached hydrogen (secondary N) is 1. The number of nitrogens with zero attached hydrogens (tertiary/aromatic N) is 2. The van der Waals surface area contributed by atoms with Gasteiger partial charge in [0, 0.05) is 36.6 Å². The molecular weight excluding hydrogens is 372 g/mol. The third-order valence-electron chi connectivity index (χ3n) is 4.61. The van der Waals surface area contributed by atoms with Gasteiger partial charge in [-0.15, -0.1) is 11.3 Å². The van der Waals surface area contributed by atoms with Crippen LogP contribution < -0.4 is 5.32 Å². The van der Waals surface area contributed by atoms with Gasteiger partial charge in [-0.3, -0.25) is 14.5 Å². The van der Waals surface area contributed by atoms with E-state index >= 15 is 0 Å². The van der Waals surface area contributed by atoms with Gasteiger partial charge >= 0.3 is 0 Å². The lowest BCUT2D eigenvalue weighted by Crippen LogP contribution is -2.51. The molecule has 5 nitrogen and oxygen atoms in total. The van der Waals surface area contributed by atoms with Gasteiger partial charge in [0.1, 0.15) is 0 Å². The summed E-state index contributed by atoms with van der Waals surface area (Å²) in [7, 11) is 0. The normalized spacial score (nSPS) is 15.0. The Morgan fingerprint density at radius 2 is 1.85 bits per heavy atom. The van der Waals surface area contributed by atoms with Crippen molar-refractivity contribution in [1.82, 2.24) is 15.1 Å². The van der Waals surface area contributed by atoms with Crippen LogP contribution in [-0.2, 0) is 11.3 Å². The number of amides is 2. The van der Waals surface area contributed by atoms with Crippen molar-refractivity contribution in [3.8, 4) is 0 Å². The summed E-state index contributed by atoms with van der Waals surface area (Å²) in [4.78, 5) is 29.2. The number of benzene rings is 1. The molecule has 0 unspecified atom stereocenters. The number of rotatable bonds is 5. The van der Waals surface area contributed by atoms with Crippen LogP contribution >= 0.6 is 11.3 Å². The van der Waals surface area contributed by atoms with Gasteiger partial charge in [-0.2, -0.15) is 0 Å². The second-order valence-electron chi connectivity index (χ2n) is 6.50. The number of piperazine rings is 1. The topological polar surface area (TPSA) is 52.7 Å². The van der Waals surface area contributed by atoms with E-state index in [0.29, 0.717) is 32.7 Å². The van der Waals surface area contributed by atoms with Crippen molar-refractivity contribution in [1.29, 1.82) is 0 Å². The van der Waals surface area contributed by atoms with Crippen LogP contribution in [0.4, 0.5) is 8.78 Å². The molecular formula is C19H21F2N3O2S. The fourth-order valence-corrected chi connectivity index (χ4v) is 3.79. The summed E-state index contributed by atoms with van der Waals surface area (Å²) in [6, 6.07) is 5.19. The first-order valence-electron chi connectivity index (χ1n) is 8.70. The van der Waals surface area contributed by atoms with E-state index in [4.69, 9.17) is 0 Å². The Balaban J connectivity index is 1.45. The van der Waals surface area contributed by atoms with Gasteiger partial charge in [0.2, 0.25) is 5.91 Å². The Hall–Kier alpha value is -2.32. The average molecular weight is 393 g/mol. The Morgan fingerprint density at radius 3 is 2.48 bits per heavy atom. The molecule has 0 bridgehead atoms.